The molecule has 2 fully saturated rings. The van der Waals surface area contributed by atoms with Gasteiger partial charge >= 0.3 is 0 Å². The summed E-state index contributed by atoms with van der Waals surface area (Å²) in [5.41, 5.74) is 3.26. The Hall–Kier alpha value is -0.860. The molecule has 0 aromatic heterocycles. The van der Waals surface area contributed by atoms with E-state index in [-0.39, 0.29) is 0 Å². The Morgan fingerprint density at radius 2 is 2.19 bits per heavy atom. The van der Waals surface area contributed by atoms with Crippen LogP contribution >= 0.6 is 0 Å². The molecule has 0 radical (unpaired) electrons. The van der Waals surface area contributed by atoms with Crippen LogP contribution < -0.4 is 5.32 Å². The summed E-state index contributed by atoms with van der Waals surface area (Å²) in [4.78, 5) is 0. The quantitative estimate of drug-likeness (QED) is 0.916. The molecule has 21 heavy (non-hydrogen) atoms. The fourth-order valence-electron chi connectivity index (χ4n) is 5.01. The molecule has 3 aliphatic rings. The summed E-state index contributed by atoms with van der Waals surface area (Å²) >= 11 is 0. The molecule has 0 amide bonds. The van der Waals surface area contributed by atoms with Crippen LogP contribution in [-0.2, 0) is 11.2 Å². The van der Waals surface area contributed by atoms with Crippen LogP contribution in [0.4, 0.5) is 0 Å². The maximum Gasteiger partial charge on any atom is 0.0509 e. The number of fused-ring (bicyclic) bond motifs is 3. The largest absolute Gasteiger partial charge is 0.381 e. The highest BCUT2D eigenvalue weighted by atomic mass is 16.5. The zero-order chi connectivity index (χ0) is 14.2. The minimum atomic E-state index is 0.663. The molecule has 5 unspecified atom stereocenters. The minimum Gasteiger partial charge on any atom is -0.381 e. The van der Waals surface area contributed by atoms with E-state index in [2.05, 4.69) is 36.5 Å². The summed E-state index contributed by atoms with van der Waals surface area (Å²) in [5, 5.41) is 3.82. The van der Waals surface area contributed by atoms with Crippen molar-refractivity contribution >= 4 is 0 Å². The third-order valence-electron chi connectivity index (χ3n) is 5.95. The maximum atomic E-state index is 5.77. The van der Waals surface area contributed by atoms with Crippen molar-refractivity contribution in [3.05, 3.63) is 35.4 Å². The van der Waals surface area contributed by atoms with Crippen LogP contribution in [0.15, 0.2) is 24.3 Å². The predicted molar refractivity (Wildman–Crippen MR) is 85.5 cm³/mol. The highest BCUT2D eigenvalue weighted by Gasteiger charge is 2.57. The molecule has 4 rings (SSSR count). The van der Waals surface area contributed by atoms with Gasteiger partial charge in [0, 0.05) is 12.6 Å². The average Bonchev–Trinajstić information content (AvgIpc) is 3.28. The number of benzene rings is 1. The van der Waals surface area contributed by atoms with Gasteiger partial charge in [-0.05, 0) is 67.0 Å². The minimum absolute atomic E-state index is 0.663. The second kappa shape index (κ2) is 5.73. The van der Waals surface area contributed by atoms with E-state index in [9.17, 15) is 0 Å². The number of ether oxygens (including phenoxy) is 1. The first-order valence-electron chi connectivity index (χ1n) is 8.79. The standard InChI is InChI=1S/C19H27NO/c1-2-20-19(14-7-5-11-21-12-14)18-16-10-9-13-6-3-4-8-15(13)17(16)18/h3-4,6,8,14,16-20H,2,5,7,9-12H2,1H3. The zero-order valence-electron chi connectivity index (χ0n) is 13.1. The molecule has 1 aliphatic heterocycles. The molecule has 2 nitrogen and oxygen atoms in total. The van der Waals surface area contributed by atoms with E-state index in [0.717, 1.165) is 43.4 Å². The topological polar surface area (TPSA) is 21.3 Å². The number of hydrogen-bond acceptors (Lipinski definition) is 2. The molecule has 0 bridgehead atoms. The lowest BCUT2D eigenvalue weighted by atomic mass is 9.88. The van der Waals surface area contributed by atoms with Crippen molar-refractivity contribution in [2.75, 3.05) is 19.8 Å². The Morgan fingerprint density at radius 3 is 3.00 bits per heavy atom. The number of nitrogens with one attached hydrogen (secondary N) is 1. The van der Waals surface area contributed by atoms with Crippen LogP contribution in [-0.4, -0.2) is 25.8 Å². The Balaban J connectivity index is 1.55. The van der Waals surface area contributed by atoms with Crippen LogP contribution in [0.25, 0.3) is 0 Å². The van der Waals surface area contributed by atoms with Gasteiger partial charge in [-0.15, -0.1) is 0 Å². The van der Waals surface area contributed by atoms with E-state index < -0.39 is 0 Å². The van der Waals surface area contributed by atoms with Crippen LogP contribution in [0.2, 0.25) is 0 Å². The lowest BCUT2D eigenvalue weighted by Gasteiger charge is -2.31. The molecule has 1 aromatic carbocycles. The van der Waals surface area contributed by atoms with Gasteiger partial charge in [-0.1, -0.05) is 31.2 Å². The van der Waals surface area contributed by atoms with E-state index >= 15 is 0 Å². The first kappa shape index (κ1) is 13.8. The van der Waals surface area contributed by atoms with E-state index in [1.165, 1.54) is 25.7 Å². The second-order valence-electron chi connectivity index (χ2n) is 7.07. The van der Waals surface area contributed by atoms with Crippen molar-refractivity contribution in [1.29, 1.82) is 0 Å². The highest BCUT2D eigenvalue weighted by Crippen LogP contribution is 2.62. The molecule has 1 aromatic rings. The summed E-state index contributed by atoms with van der Waals surface area (Å²) in [7, 11) is 0. The molecular formula is C19H27NO. The fraction of sp³-hybridized carbons (Fsp3) is 0.684. The summed E-state index contributed by atoms with van der Waals surface area (Å²) in [6.07, 6.45) is 5.26. The van der Waals surface area contributed by atoms with Crippen molar-refractivity contribution in [1.82, 2.24) is 5.32 Å². The molecule has 2 heteroatoms. The van der Waals surface area contributed by atoms with Crippen molar-refractivity contribution in [3.63, 3.8) is 0 Å². The third-order valence-corrected chi connectivity index (χ3v) is 5.95. The monoisotopic (exact) mass is 285 g/mol. The van der Waals surface area contributed by atoms with Gasteiger partial charge in [0.2, 0.25) is 0 Å². The van der Waals surface area contributed by atoms with Gasteiger partial charge in [0.05, 0.1) is 6.61 Å². The van der Waals surface area contributed by atoms with Gasteiger partial charge in [0.25, 0.3) is 0 Å². The van der Waals surface area contributed by atoms with Crippen molar-refractivity contribution in [3.8, 4) is 0 Å². The molecule has 0 spiro atoms. The molecule has 1 saturated carbocycles. The molecule has 1 saturated heterocycles. The van der Waals surface area contributed by atoms with E-state index in [0.29, 0.717) is 6.04 Å². The summed E-state index contributed by atoms with van der Waals surface area (Å²) in [6, 6.07) is 9.81. The predicted octanol–water partition coefficient (Wildman–Crippen LogP) is 3.37. The first-order valence-corrected chi connectivity index (χ1v) is 8.79. The zero-order valence-corrected chi connectivity index (χ0v) is 13.1. The van der Waals surface area contributed by atoms with Gasteiger partial charge in [0.1, 0.15) is 0 Å². The average molecular weight is 285 g/mol. The molecule has 114 valence electrons. The summed E-state index contributed by atoms with van der Waals surface area (Å²) in [5.74, 6) is 3.31. The molecule has 5 atom stereocenters. The van der Waals surface area contributed by atoms with Gasteiger partial charge in [0.15, 0.2) is 0 Å². The van der Waals surface area contributed by atoms with Gasteiger partial charge in [-0.2, -0.15) is 0 Å². The Labute approximate surface area is 128 Å². The van der Waals surface area contributed by atoms with Crippen LogP contribution in [0.1, 0.15) is 43.2 Å². The van der Waals surface area contributed by atoms with Crippen molar-refractivity contribution in [2.24, 2.45) is 17.8 Å². The lowest BCUT2D eigenvalue weighted by Crippen LogP contribution is -2.42. The lowest BCUT2D eigenvalue weighted by molar-refractivity contribution is 0.0348. The number of rotatable bonds is 4. The van der Waals surface area contributed by atoms with E-state index in [4.69, 9.17) is 4.74 Å². The maximum absolute atomic E-state index is 5.77. The Morgan fingerprint density at radius 1 is 1.29 bits per heavy atom. The smallest absolute Gasteiger partial charge is 0.0509 e. The van der Waals surface area contributed by atoms with Gasteiger partial charge < -0.3 is 10.1 Å². The third kappa shape index (κ3) is 2.43. The van der Waals surface area contributed by atoms with Crippen molar-refractivity contribution in [2.45, 2.75) is 44.6 Å². The normalized spacial score (nSPS) is 35.7. The summed E-state index contributed by atoms with van der Waals surface area (Å²) < 4.78 is 5.77. The summed E-state index contributed by atoms with van der Waals surface area (Å²) in [6.45, 7) is 5.26. The Kier molecular flexibility index (Phi) is 3.76. The van der Waals surface area contributed by atoms with Crippen LogP contribution in [0.3, 0.4) is 0 Å². The number of aryl methyl sites for hydroxylation is 1. The molecule has 2 aliphatic carbocycles. The van der Waals surface area contributed by atoms with Crippen LogP contribution in [0, 0.1) is 17.8 Å². The molecule has 1 N–H and O–H groups in total. The molecule has 1 heterocycles. The fourth-order valence-corrected chi connectivity index (χ4v) is 5.01. The first-order chi connectivity index (χ1) is 10.4. The van der Waals surface area contributed by atoms with Crippen LogP contribution in [0.5, 0.6) is 0 Å². The second-order valence-corrected chi connectivity index (χ2v) is 7.07. The van der Waals surface area contributed by atoms with E-state index in [1.54, 1.807) is 11.1 Å². The van der Waals surface area contributed by atoms with Gasteiger partial charge in [-0.25, -0.2) is 0 Å². The van der Waals surface area contributed by atoms with Crippen molar-refractivity contribution < 1.29 is 4.74 Å². The number of hydrogen-bond donors (Lipinski definition) is 1. The Bertz CT molecular complexity index is 494. The van der Waals surface area contributed by atoms with E-state index in [1.807, 2.05) is 0 Å². The SMILES string of the molecule is CCNC(C1CCCOC1)C1C2CCc3ccccc3C21. The highest BCUT2D eigenvalue weighted by molar-refractivity contribution is 5.40. The molecular weight excluding hydrogens is 258 g/mol. The van der Waals surface area contributed by atoms with Gasteiger partial charge in [-0.3, -0.25) is 0 Å².